The molecule has 0 atom stereocenters. The first-order valence-corrected chi connectivity index (χ1v) is 5.75. The van der Waals surface area contributed by atoms with Gasteiger partial charge in [-0.1, -0.05) is 0 Å². The van der Waals surface area contributed by atoms with E-state index in [1.807, 2.05) is 0 Å². The molecule has 2 rings (SSSR count). The third kappa shape index (κ3) is 2.08. The molecule has 0 bridgehead atoms. The smallest absolute Gasteiger partial charge is 0.222 e. The molecule has 80 valence electrons. The maximum atomic E-state index is 11.6. The average Bonchev–Trinajstić information content (AvgIpc) is 2.20. The Morgan fingerprint density at radius 3 is 2.50 bits per heavy atom. The number of carbonyl (C=O) groups excluding carboxylic acids is 1. The first-order valence-electron chi connectivity index (χ1n) is 5.75. The van der Waals surface area contributed by atoms with Gasteiger partial charge in [0.1, 0.15) is 0 Å². The Morgan fingerprint density at radius 2 is 1.86 bits per heavy atom. The first kappa shape index (κ1) is 9.97. The van der Waals surface area contributed by atoms with Gasteiger partial charge in [-0.3, -0.25) is 4.79 Å². The predicted molar refractivity (Wildman–Crippen MR) is 53.8 cm³/mol. The van der Waals surface area contributed by atoms with E-state index in [4.69, 9.17) is 0 Å². The minimum Gasteiger partial charge on any atom is -0.393 e. The molecule has 3 nitrogen and oxygen atoms in total. The number of nitrogens with zero attached hydrogens (tertiary/aromatic N) is 1. The molecule has 0 aromatic rings. The highest BCUT2D eigenvalue weighted by Crippen LogP contribution is 2.25. The lowest BCUT2D eigenvalue weighted by Crippen LogP contribution is -2.45. The van der Waals surface area contributed by atoms with Crippen LogP contribution in [0.25, 0.3) is 0 Å². The molecule has 1 aliphatic carbocycles. The standard InChI is InChI=1S/C11H19NO2/c13-10-6-4-9(5-7-10)12-8-2-1-3-11(12)14/h9-10,13H,1-8H2/t9-,10+. The Balaban J connectivity index is 1.90. The molecule has 1 heterocycles. The zero-order valence-electron chi connectivity index (χ0n) is 8.61. The van der Waals surface area contributed by atoms with E-state index in [1.165, 1.54) is 0 Å². The van der Waals surface area contributed by atoms with Crippen molar-refractivity contribution in [2.24, 2.45) is 0 Å². The van der Waals surface area contributed by atoms with Crippen molar-refractivity contribution < 1.29 is 9.90 Å². The van der Waals surface area contributed by atoms with Crippen molar-refractivity contribution in [3.05, 3.63) is 0 Å². The molecule has 0 unspecified atom stereocenters. The van der Waals surface area contributed by atoms with Crippen molar-refractivity contribution in [2.75, 3.05) is 6.54 Å². The zero-order valence-corrected chi connectivity index (χ0v) is 8.61. The number of carbonyl (C=O) groups is 1. The first-order chi connectivity index (χ1) is 6.77. The van der Waals surface area contributed by atoms with Crippen LogP contribution in [-0.4, -0.2) is 34.6 Å². The molecule has 1 saturated heterocycles. The quantitative estimate of drug-likeness (QED) is 0.688. The van der Waals surface area contributed by atoms with Crippen LogP contribution in [-0.2, 0) is 4.79 Å². The number of likely N-dealkylation sites (tertiary alicyclic amines) is 1. The fourth-order valence-corrected chi connectivity index (χ4v) is 2.58. The van der Waals surface area contributed by atoms with Crippen molar-refractivity contribution in [1.82, 2.24) is 4.90 Å². The molecule has 0 spiro atoms. The largest absolute Gasteiger partial charge is 0.393 e. The van der Waals surface area contributed by atoms with E-state index in [2.05, 4.69) is 4.90 Å². The third-order valence-electron chi connectivity index (χ3n) is 3.47. The van der Waals surface area contributed by atoms with Crippen LogP contribution in [0.15, 0.2) is 0 Å². The van der Waals surface area contributed by atoms with Crippen LogP contribution in [0.4, 0.5) is 0 Å². The van der Waals surface area contributed by atoms with E-state index in [0.717, 1.165) is 51.5 Å². The van der Waals surface area contributed by atoms with E-state index >= 15 is 0 Å². The minimum absolute atomic E-state index is 0.119. The van der Waals surface area contributed by atoms with E-state index in [9.17, 15) is 9.90 Å². The van der Waals surface area contributed by atoms with Crippen LogP contribution in [0.1, 0.15) is 44.9 Å². The van der Waals surface area contributed by atoms with Gasteiger partial charge in [0.05, 0.1) is 6.10 Å². The molecule has 0 aromatic carbocycles. The fourth-order valence-electron chi connectivity index (χ4n) is 2.58. The van der Waals surface area contributed by atoms with Crippen LogP contribution in [0.2, 0.25) is 0 Å². The number of amides is 1. The van der Waals surface area contributed by atoms with Crippen molar-refractivity contribution in [1.29, 1.82) is 0 Å². The van der Waals surface area contributed by atoms with Gasteiger partial charge < -0.3 is 10.0 Å². The summed E-state index contributed by atoms with van der Waals surface area (Å²) >= 11 is 0. The summed E-state index contributed by atoms with van der Waals surface area (Å²) in [6.45, 7) is 0.944. The van der Waals surface area contributed by atoms with E-state index < -0.39 is 0 Å². The van der Waals surface area contributed by atoms with Crippen LogP contribution in [0.5, 0.6) is 0 Å². The van der Waals surface area contributed by atoms with E-state index in [-0.39, 0.29) is 6.10 Å². The molecule has 1 saturated carbocycles. The second-order valence-corrected chi connectivity index (χ2v) is 4.51. The number of aliphatic hydroxyl groups excluding tert-OH is 1. The molecule has 0 radical (unpaired) electrons. The van der Waals surface area contributed by atoms with Gasteiger partial charge >= 0.3 is 0 Å². The summed E-state index contributed by atoms with van der Waals surface area (Å²) in [5, 5.41) is 9.39. The number of aliphatic hydroxyl groups is 1. The summed E-state index contributed by atoms with van der Waals surface area (Å²) in [5.41, 5.74) is 0. The Morgan fingerprint density at radius 1 is 1.14 bits per heavy atom. The highest BCUT2D eigenvalue weighted by atomic mass is 16.3. The topological polar surface area (TPSA) is 40.5 Å². The van der Waals surface area contributed by atoms with E-state index in [1.54, 1.807) is 0 Å². The molecule has 0 aromatic heterocycles. The lowest BCUT2D eigenvalue weighted by molar-refractivity contribution is -0.137. The Bertz CT molecular complexity index is 209. The Kier molecular flexibility index (Phi) is 3.06. The van der Waals surface area contributed by atoms with Gasteiger partial charge in [-0.05, 0) is 38.5 Å². The minimum atomic E-state index is -0.119. The zero-order chi connectivity index (χ0) is 9.97. The number of hydrogen-bond acceptors (Lipinski definition) is 2. The average molecular weight is 197 g/mol. The van der Waals surface area contributed by atoms with Crippen LogP contribution in [0, 0.1) is 0 Å². The number of piperidine rings is 1. The molecule has 2 fully saturated rings. The predicted octanol–water partition coefficient (Wildman–Crippen LogP) is 1.30. The molecule has 1 amide bonds. The Hall–Kier alpha value is -0.570. The summed E-state index contributed by atoms with van der Waals surface area (Å²) in [6, 6.07) is 0.422. The van der Waals surface area contributed by atoms with Crippen LogP contribution in [0.3, 0.4) is 0 Å². The van der Waals surface area contributed by atoms with Crippen molar-refractivity contribution >= 4 is 5.91 Å². The monoisotopic (exact) mass is 197 g/mol. The molecule has 3 heteroatoms. The highest BCUT2D eigenvalue weighted by Gasteiger charge is 2.29. The van der Waals surface area contributed by atoms with Gasteiger partial charge in [-0.15, -0.1) is 0 Å². The summed E-state index contributed by atoms with van der Waals surface area (Å²) < 4.78 is 0. The molecular weight excluding hydrogens is 178 g/mol. The van der Waals surface area contributed by atoms with Gasteiger partial charge in [0.15, 0.2) is 0 Å². The Labute approximate surface area is 85.1 Å². The van der Waals surface area contributed by atoms with Gasteiger partial charge in [0.2, 0.25) is 5.91 Å². The number of hydrogen-bond donors (Lipinski definition) is 1. The SMILES string of the molecule is O=C1CCCCN1[C@H]1CC[C@@H](O)CC1. The summed E-state index contributed by atoms with van der Waals surface area (Å²) in [5.74, 6) is 0.331. The van der Waals surface area contributed by atoms with E-state index in [0.29, 0.717) is 11.9 Å². The number of rotatable bonds is 1. The lowest BCUT2D eigenvalue weighted by atomic mass is 9.91. The summed E-state index contributed by atoms with van der Waals surface area (Å²) in [6.07, 6.45) is 6.56. The summed E-state index contributed by atoms with van der Waals surface area (Å²) in [4.78, 5) is 13.7. The maximum Gasteiger partial charge on any atom is 0.222 e. The van der Waals surface area contributed by atoms with Crippen molar-refractivity contribution in [3.63, 3.8) is 0 Å². The second-order valence-electron chi connectivity index (χ2n) is 4.51. The van der Waals surface area contributed by atoms with Crippen LogP contribution < -0.4 is 0 Å². The normalized spacial score (nSPS) is 34.6. The summed E-state index contributed by atoms with van der Waals surface area (Å²) in [7, 11) is 0. The molecule has 14 heavy (non-hydrogen) atoms. The maximum absolute atomic E-state index is 11.6. The van der Waals surface area contributed by atoms with Gasteiger partial charge in [0, 0.05) is 19.0 Å². The fraction of sp³-hybridized carbons (Fsp3) is 0.909. The second kappa shape index (κ2) is 4.30. The van der Waals surface area contributed by atoms with Crippen LogP contribution >= 0.6 is 0 Å². The molecular formula is C11H19NO2. The van der Waals surface area contributed by atoms with Gasteiger partial charge in [-0.25, -0.2) is 0 Å². The van der Waals surface area contributed by atoms with Crippen molar-refractivity contribution in [2.45, 2.75) is 57.1 Å². The van der Waals surface area contributed by atoms with Gasteiger partial charge in [0.25, 0.3) is 0 Å². The molecule has 1 aliphatic heterocycles. The van der Waals surface area contributed by atoms with Gasteiger partial charge in [-0.2, -0.15) is 0 Å². The highest BCUT2D eigenvalue weighted by molar-refractivity contribution is 5.77. The molecule has 2 aliphatic rings. The third-order valence-corrected chi connectivity index (χ3v) is 3.47. The molecule has 1 N–H and O–H groups in total. The lowest BCUT2D eigenvalue weighted by Gasteiger charge is -2.37. The van der Waals surface area contributed by atoms with Crippen molar-refractivity contribution in [3.8, 4) is 0 Å².